The summed E-state index contributed by atoms with van der Waals surface area (Å²) in [5, 5.41) is 3.36. The van der Waals surface area contributed by atoms with Crippen molar-refractivity contribution in [3.63, 3.8) is 0 Å². The average molecular weight is 464 g/mol. The lowest BCUT2D eigenvalue weighted by molar-refractivity contribution is -0.116. The smallest absolute Gasteiger partial charge is 0.295 e. The third kappa shape index (κ3) is 3.62. The first kappa shape index (κ1) is 21.4. The molecule has 1 aliphatic carbocycles. The molecule has 33 heavy (non-hydrogen) atoms. The van der Waals surface area contributed by atoms with Crippen molar-refractivity contribution < 1.29 is 4.79 Å². The Kier molecular flexibility index (Phi) is 5.28. The van der Waals surface area contributed by atoms with Gasteiger partial charge in [0.15, 0.2) is 0 Å². The van der Waals surface area contributed by atoms with Crippen LogP contribution >= 0.6 is 11.3 Å². The summed E-state index contributed by atoms with van der Waals surface area (Å²) in [6.07, 6.45) is 4.31. The Morgan fingerprint density at radius 1 is 1.21 bits per heavy atom. The van der Waals surface area contributed by atoms with Crippen LogP contribution in [0.3, 0.4) is 0 Å². The monoisotopic (exact) mass is 463 g/mol. The van der Waals surface area contributed by atoms with E-state index in [0.29, 0.717) is 22.7 Å². The standard InChI is InChI=1S/C24H25N5O3S/c1-14-9-10-17-18(11-14)33-22-20(17)23(31)28(13-25-22)12-19(30)26-21-15(2)27(3)29(24(21)32)16-7-5-4-6-8-16/h4-8,13-14H,9-12H2,1-3H3,(H,26,30). The zero-order valence-corrected chi connectivity index (χ0v) is 19.6. The van der Waals surface area contributed by atoms with Crippen molar-refractivity contribution in [1.82, 2.24) is 18.9 Å². The highest BCUT2D eigenvalue weighted by molar-refractivity contribution is 7.18. The molecule has 0 radical (unpaired) electrons. The maximum absolute atomic E-state index is 13.2. The molecule has 1 unspecified atom stereocenters. The van der Waals surface area contributed by atoms with Crippen molar-refractivity contribution in [1.29, 1.82) is 0 Å². The number of hydrogen-bond donors (Lipinski definition) is 1. The van der Waals surface area contributed by atoms with Gasteiger partial charge >= 0.3 is 0 Å². The second-order valence-corrected chi connectivity index (χ2v) is 9.78. The molecule has 5 rings (SSSR count). The Hall–Kier alpha value is -3.46. The van der Waals surface area contributed by atoms with Gasteiger partial charge in [0.1, 0.15) is 17.1 Å². The van der Waals surface area contributed by atoms with Crippen LogP contribution in [0.1, 0.15) is 29.5 Å². The molecule has 3 heterocycles. The maximum atomic E-state index is 13.2. The number of benzene rings is 1. The van der Waals surface area contributed by atoms with Gasteiger partial charge in [-0.15, -0.1) is 11.3 Å². The first-order chi connectivity index (χ1) is 15.8. The fourth-order valence-electron chi connectivity index (χ4n) is 4.52. The Bertz CT molecular complexity index is 1490. The first-order valence-electron chi connectivity index (χ1n) is 11.0. The lowest BCUT2D eigenvalue weighted by Crippen LogP contribution is -2.30. The van der Waals surface area contributed by atoms with Gasteiger partial charge in [0, 0.05) is 11.9 Å². The van der Waals surface area contributed by atoms with Gasteiger partial charge in [0.25, 0.3) is 11.1 Å². The van der Waals surface area contributed by atoms with Crippen LogP contribution in [0, 0.1) is 12.8 Å². The summed E-state index contributed by atoms with van der Waals surface area (Å²) in [4.78, 5) is 45.5. The van der Waals surface area contributed by atoms with Crippen LogP contribution in [-0.2, 0) is 31.2 Å². The molecular formula is C24H25N5O3S. The maximum Gasteiger partial charge on any atom is 0.295 e. The summed E-state index contributed by atoms with van der Waals surface area (Å²) in [5.41, 5.74) is 2.10. The summed E-state index contributed by atoms with van der Waals surface area (Å²) in [7, 11) is 1.77. The minimum absolute atomic E-state index is 0.200. The number of carbonyl (C=O) groups is 1. The first-order valence-corrected chi connectivity index (χ1v) is 11.8. The van der Waals surface area contributed by atoms with Crippen LogP contribution in [-0.4, -0.2) is 24.8 Å². The van der Waals surface area contributed by atoms with Gasteiger partial charge in [0.05, 0.1) is 23.1 Å². The molecule has 0 aliphatic heterocycles. The highest BCUT2D eigenvalue weighted by Crippen LogP contribution is 2.35. The molecule has 0 spiro atoms. The average Bonchev–Trinajstić information content (AvgIpc) is 3.26. The summed E-state index contributed by atoms with van der Waals surface area (Å²) < 4.78 is 4.53. The summed E-state index contributed by atoms with van der Waals surface area (Å²) in [5.74, 6) is 0.162. The molecule has 0 fully saturated rings. The number of anilines is 1. The molecule has 0 saturated carbocycles. The topological polar surface area (TPSA) is 90.9 Å². The number of nitrogens with zero attached hydrogens (tertiary/aromatic N) is 4. The Labute approximate surface area is 194 Å². The number of para-hydroxylation sites is 1. The summed E-state index contributed by atoms with van der Waals surface area (Å²) in [6.45, 7) is 3.79. The van der Waals surface area contributed by atoms with Gasteiger partial charge in [-0.3, -0.25) is 23.6 Å². The predicted molar refractivity (Wildman–Crippen MR) is 129 cm³/mol. The van der Waals surface area contributed by atoms with Crippen molar-refractivity contribution in [2.24, 2.45) is 13.0 Å². The van der Waals surface area contributed by atoms with E-state index in [2.05, 4.69) is 17.2 Å². The molecule has 3 aromatic heterocycles. The summed E-state index contributed by atoms with van der Waals surface area (Å²) >= 11 is 1.58. The van der Waals surface area contributed by atoms with E-state index < -0.39 is 5.91 Å². The largest absolute Gasteiger partial charge is 0.318 e. The molecule has 1 amide bonds. The number of aromatic nitrogens is 4. The molecule has 0 bridgehead atoms. The van der Waals surface area contributed by atoms with Gasteiger partial charge in [-0.25, -0.2) is 9.67 Å². The molecule has 1 aromatic carbocycles. The van der Waals surface area contributed by atoms with Crippen LogP contribution in [0.25, 0.3) is 15.9 Å². The second kappa shape index (κ2) is 8.15. The van der Waals surface area contributed by atoms with E-state index >= 15 is 0 Å². The number of rotatable bonds is 4. The quantitative estimate of drug-likeness (QED) is 0.504. The van der Waals surface area contributed by atoms with Gasteiger partial charge < -0.3 is 5.32 Å². The fourth-order valence-corrected chi connectivity index (χ4v) is 5.87. The second-order valence-electron chi connectivity index (χ2n) is 8.69. The van der Waals surface area contributed by atoms with Crippen LogP contribution < -0.4 is 16.4 Å². The van der Waals surface area contributed by atoms with Crippen molar-refractivity contribution in [2.75, 3.05) is 5.32 Å². The Balaban J connectivity index is 1.44. The Morgan fingerprint density at radius 3 is 2.73 bits per heavy atom. The minimum atomic E-state index is -0.443. The highest BCUT2D eigenvalue weighted by atomic mass is 32.1. The molecule has 1 aliphatic rings. The third-order valence-electron chi connectivity index (χ3n) is 6.41. The molecule has 8 nitrogen and oxygen atoms in total. The third-order valence-corrected chi connectivity index (χ3v) is 7.58. The van der Waals surface area contributed by atoms with Crippen LogP contribution in [0.4, 0.5) is 5.69 Å². The normalized spacial score (nSPS) is 15.5. The zero-order valence-electron chi connectivity index (χ0n) is 18.8. The highest BCUT2D eigenvalue weighted by Gasteiger charge is 2.24. The molecule has 0 saturated heterocycles. The summed E-state index contributed by atoms with van der Waals surface area (Å²) in [6, 6.07) is 9.23. The molecule has 4 aromatic rings. The molecule has 1 atom stereocenters. The number of carbonyl (C=O) groups excluding carboxylic acids is 1. The van der Waals surface area contributed by atoms with E-state index in [1.54, 1.807) is 30.0 Å². The minimum Gasteiger partial charge on any atom is -0.318 e. The predicted octanol–water partition coefficient (Wildman–Crippen LogP) is 3.02. The van der Waals surface area contributed by atoms with E-state index in [0.717, 1.165) is 29.7 Å². The van der Waals surface area contributed by atoms with E-state index in [4.69, 9.17) is 0 Å². The Morgan fingerprint density at radius 2 is 1.97 bits per heavy atom. The lowest BCUT2D eigenvalue weighted by atomic mass is 9.89. The number of hydrogen-bond acceptors (Lipinski definition) is 5. The number of thiophene rings is 1. The molecule has 9 heteroatoms. The van der Waals surface area contributed by atoms with Crippen LogP contribution in [0.2, 0.25) is 0 Å². The number of fused-ring (bicyclic) bond motifs is 3. The van der Waals surface area contributed by atoms with Gasteiger partial charge in [-0.1, -0.05) is 25.1 Å². The lowest BCUT2D eigenvalue weighted by Gasteiger charge is -2.17. The molecule has 170 valence electrons. The SMILES string of the molecule is Cc1c(NC(=O)Cn2cnc3sc4c(c3c2=O)CCC(C)C4)c(=O)n(-c2ccccc2)n1C. The molecule has 1 N–H and O–H groups in total. The van der Waals surface area contributed by atoms with E-state index in [-0.39, 0.29) is 23.4 Å². The van der Waals surface area contributed by atoms with E-state index in [9.17, 15) is 14.4 Å². The zero-order chi connectivity index (χ0) is 23.3. The number of amides is 1. The van der Waals surface area contributed by atoms with Crippen molar-refractivity contribution in [2.45, 2.75) is 39.7 Å². The van der Waals surface area contributed by atoms with Crippen LogP contribution in [0.15, 0.2) is 46.2 Å². The van der Waals surface area contributed by atoms with Crippen LogP contribution in [0.5, 0.6) is 0 Å². The van der Waals surface area contributed by atoms with E-state index in [1.165, 1.54) is 20.5 Å². The van der Waals surface area contributed by atoms with Crippen molar-refractivity contribution in [3.8, 4) is 5.69 Å². The van der Waals surface area contributed by atoms with Gasteiger partial charge in [-0.2, -0.15) is 0 Å². The van der Waals surface area contributed by atoms with Crippen molar-refractivity contribution >= 4 is 33.1 Å². The number of nitrogens with one attached hydrogen (secondary N) is 1. The molecular weight excluding hydrogens is 438 g/mol. The van der Waals surface area contributed by atoms with Crippen molar-refractivity contribution in [3.05, 3.63) is 73.5 Å². The number of aryl methyl sites for hydroxylation is 1. The van der Waals surface area contributed by atoms with E-state index in [1.807, 2.05) is 30.3 Å². The van der Waals surface area contributed by atoms with Gasteiger partial charge in [0.2, 0.25) is 5.91 Å². The van der Waals surface area contributed by atoms with Gasteiger partial charge in [-0.05, 0) is 49.8 Å². The fraction of sp³-hybridized carbons (Fsp3) is 0.333.